The van der Waals surface area contributed by atoms with Gasteiger partial charge in [0.25, 0.3) is 5.91 Å². The summed E-state index contributed by atoms with van der Waals surface area (Å²) in [5.41, 5.74) is 0.0807. The van der Waals surface area contributed by atoms with Crippen LogP contribution in [0.25, 0.3) is 0 Å². The third-order valence-corrected chi connectivity index (χ3v) is 7.55. The number of amides is 3. The lowest BCUT2D eigenvalue weighted by atomic mass is 9.98. The Kier molecular flexibility index (Phi) is 5.88. The van der Waals surface area contributed by atoms with E-state index in [0.717, 1.165) is 17.0 Å². The van der Waals surface area contributed by atoms with Gasteiger partial charge in [-0.15, -0.1) is 11.3 Å². The molecule has 5 rings (SSSR count). The van der Waals surface area contributed by atoms with Gasteiger partial charge >= 0.3 is 0 Å². The van der Waals surface area contributed by atoms with Gasteiger partial charge in [-0.2, -0.15) is 0 Å². The molecule has 3 heterocycles. The van der Waals surface area contributed by atoms with Gasteiger partial charge in [0.1, 0.15) is 17.3 Å². The van der Waals surface area contributed by atoms with Crippen molar-refractivity contribution in [2.45, 2.75) is 38.4 Å². The molecule has 0 aliphatic carbocycles. The molecule has 0 radical (unpaired) electrons. The van der Waals surface area contributed by atoms with Gasteiger partial charge in [-0.1, -0.05) is 18.2 Å². The van der Waals surface area contributed by atoms with E-state index in [9.17, 15) is 23.2 Å². The average molecular weight is 496 g/mol. The molecule has 2 aliphatic heterocycles. The molecule has 180 valence electrons. The molecule has 0 N–H and O–H groups in total. The molecule has 1 saturated heterocycles. The van der Waals surface area contributed by atoms with Gasteiger partial charge in [0, 0.05) is 30.3 Å². The van der Waals surface area contributed by atoms with Crippen LogP contribution in [0.1, 0.15) is 41.4 Å². The van der Waals surface area contributed by atoms with Crippen molar-refractivity contribution in [3.05, 3.63) is 82.1 Å². The van der Waals surface area contributed by atoms with Gasteiger partial charge in [0.15, 0.2) is 0 Å². The van der Waals surface area contributed by atoms with Gasteiger partial charge in [0.05, 0.1) is 23.5 Å². The van der Waals surface area contributed by atoms with Crippen LogP contribution in [0.5, 0.6) is 0 Å². The zero-order valence-electron chi connectivity index (χ0n) is 19.0. The van der Waals surface area contributed by atoms with Crippen molar-refractivity contribution in [1.82, 2.24) is 4.90 Å². The highest BCUT2D eigenvalue weighted by atomic mass is 32.1. The van der Waals surface area contributed by atoms with Crippen molar-refractivity contribution in [2.24, 2.45) is 0 Å². The van der Waals surface area contributed by atoms with Crippen LogP contribution in [0.4, 0.5) is 20.2 Å². The van der Waals surface area contributed by atoms with E-state index in [1.165, 1.54) is 22.3 Å². The molecule has 35 heavy (non-hydrogen) atoms. The number of benzene rings is 2. The lowest BCUT2D eigenvalue weighted by Crippen LogP contribution is -2.62. The third kappa shape index (κ3) is 3.99. The standard InChI is InChI=1S/C26H23F2N3O3S/c1-26-12-10-24(33)31(26)21-7-3-2-6-19(21)25(34)30(26)13-11-23(32)29(16-18-5-4-14-35-18)22-9-8-17(27)15-20(22)28/h2-9,14-15H,10-13,16H2,1H3. The van der Waals surface area contributed by atoms with Crippen LogP contribution >= 0.6 is 11.3 Å². The predicted octanol–water partition coefficient (Wildman–Crippen LogP) is 4.95. The summed E-state index contributed by atoms with van der Waals surface area (Å²) in [6, 6.07) is 13.7. The quantitative estimate of drug-likeness (QED) is 0.486. The minimum absolute atomic E-state index is 0.0241. The summed E-state index contributed by atoms with van der Waals surface area (Å²) >= 11 is 1.42. The van der Waals surface area contributed by atoms with E-state index >= 15 is 0 Å². The van der Waals surface area contributed by atoms with Gasteiger partial charge in [0.2, 0.25) is 11.8 Å². The molecule has 0 spiro atoms. The van der Waals surface area contributed by atoms with E-state index in [1.807, 2.05) is 24.4 Å². The number of para-hydroxylation sites is 1. The first kappa shape index (κ1) is 23.2. The molecule has 3 aromatic rings. The number of anilines is 2. The number of thiophene rings is 1. The molecule has 2 aromatic carbocycles. The van der Waals surface area contributed by atoms with Gasteiger partial charge in [-0.3, -0.25) is 19.3 Å². The van der Waals surface area contributed by atoms with E-state index in [2.05, 4.69) is 0 Å². The second kappa shape index (κ2) is 8.88. The number of nitrogens with zero attached hydrogens (tertiary/aromatic N) is 3. The lowest BCUT2D eigenvalue weighted by Gasteiger charge is -2.48. The predicted molar refractivity (Wildman–Crippen MR) is 129 cm³/mol. The van der Waals surface area contributed by atoms with Crippen molar-refractivity contribution in [2.75, 3.05) is 16.3 Å². The Hall–Kier alpha value is -3.59. The number of fused-ring (bicyclic) bond motifs is 3. The first-order chi connectivity index (χ1) is 16.8. The maximum Gasteiger partial charge on any atom is 0.257 e. The van der Waals surface area contributed by atoms with Crippen LogP contribution in [0, 0.1) is 11.6 Å². The summed E-state index contributed by atoms with van der Waals surface area (Å²) in [5, 5.41) is 1.86. The van der Waals surface area contributed by atoms with Crippen LogP contribution in [0.3, 0.4) is 0 Å². The minimum Gasteiger partial charge on any atom is -0.315 e. The summed E-state index contributed by atoms with van der Waals surface area (Å²) in [6.45, 7) is 2.01. The molecule has 1 unspecified atom stereocenters. The Balaban J connectivity index is 1.43. The van der Waals surface area contributed by atoms with Crippen LogP contribution < -0.4 is 9.80 Å². The van der Waals surface area contributed by atoms with Crippen molar-refractivity contribution >= 4 is 40.4 Å². The molecule has 1 atom stereocenters. The second-order valence-corrected chi connectivity index (χ2v) is 9.86. The summed E-state index contributed by atoms with van der Waals surface area (Å²) in [7, 11) is 0. The minimum atomic E-state index is -0.886. The molecule has 6 nitrogen and oxygen atoms in total. The fourth-order valence-corrected chi connectivity index (χ4v) is 5.64. The maximum atomic E-state index is 14.7. The zero-order valence-corrected chi connectivity index (χ0v) is 19.9. The largest absolute Gasteiger partial charge is 0.315 e. The highest BCUT2D eigenvalue weighted by Gasteiger charge is 2.52. The Morgan fingerprint density at radius 2 is 1.91 bits per heavy atom. The molecule has 1 aromatic heterocycles. The number of carbonyl (C=O) groups is 3. The molecule has 9 heteroatoms. The van der Waals surface area contributed by atoms with E-state index in [0.29, 0.717) is 24.1 Å². The monoisotopic (exact) mass is 495 g/mol. The first-order valence-electron chi connectivity index (χ1n) is 11.3. The Morgan fingerprint density at radius 1 is 1.11 bits per heavy atom. The third-order valence-electron chi connectivity index (χ3n) is 6.69. The second-order valence-electron chi connectivity index (χ2n) is 8.83. The number of hydrogen-bond donors (Lipinski definition) is 0. The van der Waals surface area contributed by atoms with Gasteiger partial charge in [-0.05, 0) is 49.1 Å². The molecule has 0 bridgehead atoms. The van der Waals surface area contributed by atoms with Gasteiger partial charge in [-0.25, -0.2) is 8.78 Å². The summed E-state index contributed by atoms with van der Waals surface area (Å²) < 4.78 is 28.2. The lowest BCUT2D eigenvalue weighted by molar-refractivity contribution is -0.119. The van der Waals surface area contributed by atoms with Crippen LogP contribution in [0.15, 0.2) is 60.0 Å². The van der Waals surface area contributed by atoms with Crippen molar-refractivity contribution in [3.63, 3.8) is 0 Å². The molecular weight excluding hydrogens is 472 g/mol. The average Bonchev–Trinajstić information content (AvgIpc) is 3.45. The number of rotatable bonds is 6. The molecule has 2 aliphatic rings. The highest BCUT2D eigenvalue weighted by molar-refractivity contribution is 7.09. The van der Waals surface area contributed by atoms with E-state index in [-0.39, 0.29) is 37.0 Å². The van der Waals surface area contributed by atoms with Crippen LogP contribution in [0.2, 0.25) is 0 Å². The van der Waals surface area contributed by atoms with E-state index < -0.39 is 23.2 Å². The van der Waals surface area contributed by atoms with Crippen LogP contribution in [-0.2, 0) is 16.1 Å². The zero-order chi connectivity index (χ0) is 24.7. The number of halogens is 2. The fraction of sp³-hybridized carbons (Fsp3) is 0.269. The number of hydrogen-bond acceptors (Lipinski definition) is 4. The van der Waals surface area contributed by atoms with E-state index in [1.54, 1.807) is 34.1 Å². The Morgan fingerprint density at radius 3 is 2.66 bits per heavy atom. The molecule has 1 fully saturated rings. The Bertz CT molecular complexity index is 1310. The topological polar surface area (TPSA) is 60.9 Å². The first-order valence-corrected chi connectivity index (χ1v) is 12.2. The SMILES string of the molecule is CC12CCC(=O)N1c1ccccc1C(=O)N2CCC(=O)N(Cc1cccs1)c1ccc(F)cc1F. The number of carbonyl (C=O) groups excluding carboxylic acids is 3. The molecule has 0 saturated carbocycles. The molecular formula is C26H23F2N3O3S. The maximum absolute atomic E-state index is 14.7. The van der Waals surface area contributed by atoms with Crippen LogP contribution in [-0.4, -0.2) is 34.8 Å². The summed E-state index contributed by atoms with van der Waals surface area (Å²) in [6.07, 6.45) is 0.660. The fourth-order valence-electron chi connectivity index (χ4n) is 4.95. The van der Waals surface area contributed by atoms with Crippen molar-refractivity contribution < 1.29 is 23.2 Å². The Labute approximate surface area is 205 Å². The van der Waals surface area contributed by atoms with Gasteiger partial charge < -0.3 is 9.80 Å². The summed E-state index contributed by atoms with van der Waals surface area (Å²) in [5.74, 6) is -2.30. The van der Waals surface area contributed by atoms with Crippen molar-refractivity contribution in [3.8, 4) is 0 Å². The molecule has 3 amide bonds. The smallest absolute Gasteiger partial charge is 0.257 e. The van der Waals surface area contributed by atoms with Crippen molar-refractivity contribution in [1.29, 1.82) is 0 Å². The highest BCUT2D eigenvalue weighted by Crippen LogP contribution is 2.44. The van der Waals surface area contributed by atoms with E-state index in [4.69, 9.17) is 0 Å². The normalized spacial score (nSPS) is 19.1. The summed E-state index contributed by atoms with van der Waals surface area (Å²) in [4.78, 5) is 44.9.